The average Bonchev–Trinajstić information content (AvgIpc) is 1.85. The van der Waals surface area contributed by atoms with Gasteiger partial charge in [0.25, 0.3) is 0 Å². The maximum absolute atomic E-state index is 12.3. The van der Waals surface area contributed by atoms with Crippen LogP contribution in [0.25, 0.3) is 0 Å². The summed E-state index contributed by atoms with van der Waals surface area (Å²) in [6.45, 7) is 1.75. The van der Waals surface area contributed by atoms with Crippen molar-refractivity contribution >= 4 is 0 Å². The molecule has 0 saturated carbocycles. The topological polar surface area (TPSA) is 26.0 Å². The van der Waals surface area contributed by atoms with Crippen molar-refractivity contribution in [3.05, 3.63) is 36.3 Å². The van der Waals surface area contributed by atoms with Crippen molar-refractivity contribution in [1.82, 2.24) is 0 Å². The Morgan fingerprint density at radius 2 is 2.22 bits per heavy atom. The van der Waals surface area contributed by atoms with Gasteiger partial charge in [0, 0.05) is 0 Å². The van der Waals surface area contributed by atoms with Gasteiger partial charge < -0.3 is 5.73 Å². The van der Waals surface area contributed by atoms with Gasteiger partial charge in [-0.05, 0) is 31.4 Å². The molecule has 9 heavy (non-hydrogen) atoms. The van der Waals surface area contributed by atoms with Crippen LogP contribution in [-0.4, -0.2) is 0 Å². The zero-order chi connectivity index (χ0) is 7.11. The van der Waals surface area contributed by atoms with E-state index in [1.807, 2.05) is 0 Å². The molecule has 0 aliphatic carbocycles. The first-order valence-corrected chi connectivity index (χ1v) is 2.68. The molecule has 0 rings (SSSR count). The van der Waals surface area contributed by atoms with Gasteiger partial charge in [-0.1, -0.05) is 6.08 Å². The van der Waals surface area contributed by atoms with Crippen molar-refractivity contribution in [1.29, 1.82) is 0 Å². The van der Waals surface area contributed by atoms with Crippen LogP contribution in [-0.2, 0) is 0 Å². The summed E-state index contributed by atoms with van der Waals surface area (Å²) in [5, 5.41) is 0. The maximum atomic E-state index is 12.3. The summed E-state index contributed by atoms with van der Waals surface area (Å²) in [7, 11) is 0. The maximum Gasteiger partial charge on any atom is 0.122 e. The predicted octanol–water partition coefficient (Wildman–Crippen LogP) is 1.89. The molecule has 0 saturated heterocycles. The van der Waals surface area contributed by atoms with Crippen molar-refractivity contribution in [2.45, 2.75) is 6.92 Å². The van der Waals surface area contributed by atoms with Crippen LogP contribution in [0.3, 0.4) is 0 Å². The molecule has 0 amide bonds. The molecular formula is C7H10FN. The fourth-order valence-corrected chi connectivity index (χ4v) is 0.362. The number of nitrogens with two attached hydrogens (primary N) is 1. The summed E-state index contributed by atoms with van der Waals surface area (Å²) < 4.78 is 12.3. The van der Waals surface area contributed by atoms with E-state index in [9.17, 15) is 4.39 Å². The zero-order valence-electron chi connectivity index (χ0n) is 5.34. The summed E-state index contributed by atoms with van der Waals surface area (Å²) in [6, 6.07) is 0. The largest absolute Gasteiger partial charge is 0.405 e. The van der Waals surface area contributed by atoms with Crippen LogP contribution in [0.2, 0.25) is 0 Å². The Kier molecular flexibility index (Phi) is 4.50. The van der Waals surface area contributed by atoms with Crippen LogP contribution in [0.5, 0.6) is 0 Å². The SMILES string of the molecule is C\C=C/C(F)=C\C=C\N. The lowest BCUT2D eigenvalue weighted by Crippen LogP contribution is -1.73. The molecule has 2 heteroatoms. The van der Waals surface area contributed by atoms with Gasteiger partial charge in [-0.25, -0.2) is 4.39 Å². The Morgan fingerprint density at radius 3 is 2.67 bits per heavy atom. The van der Waals surface area contributed by atoms with Crippen molar-refractivity contribution in [3.8, 4) is 0 Å². The normalized spacial score (nSPS) is 13.8. The van der Waals surface area contributed by atoms with Crippen molar-refractivity contribution in [2.24, 2.45) is 5.73 Å². The monoisotopic (exact) mass is 127 g/mol. The first-order valence-electron chi connectivity index (χ1n) is 2.68. The van der Waals surface area contributed by atoms with Gasteiger partial charge in [0.1, 0.15) is 5.83 Å². The first kappa shape index (κ1) is 7.95. The number of halogens is 1. The fourth-order valence-electron chi connectivity index (χ4n) is 0.362. The lowest BCUT2D eigenvalue weighted by Gasteiger charge is -1.79. The molecule has 0 aromatic rings. The first-order chi connectivity index (χ1) is 4.31. The highest BCUT2D eigenvalue weighted by molar-refractivity contribution is 5.16. The Labute approximate surface area is 54.4 Å². The van der Waals surface area contributed by atoms with Gasteiger partial charge in [0.2, 0.25) is 0 Å². The van der Waals surface area contributed by atoms with E-state index in [2.05, 4.69) is 0 Å². The summed E-state index contributed by atoms with van der Waals surface area (Å²) in [4.78, 5) is 0. The molecule has 0 atom stereocenters. The Morgan fingerprint density at radius 1 is 1.56 bits per heavy atom. The average molecular weight is 127 g/mol. The van der Waals surface area contributed by atoms with E-state index in [1.165, 1.54) is 24.4 Å². The number of allylic oxidation sites excluding steroid dienone is 5. The third-order valence-electron chi connectivity index (χ3n) is 0.692. The Hall–Kier alpha value is -1.05. The van der Waals surface area contributed by atoms with Crippen LogP contribution in [0.1, 0.15) is 6.92 Å². The molecule has 0 heterocycles. The lowest BCUT2D eigenvalue weighted by molar-refractivity contribution is 0.667. The van der Waals surface area contributed by atoms with Crippen LogP contribution < -0.4 is 5.73 Å². The smallest absolute Gasteiger partial charge is 0.122 e. The van der Waals surface area contributed by atoms with E-state index >= 15 is 0 Å². The second-order valence-electron chi connectivity index (χ2n) is 1.44. The number of hydrogen-bond donors (Lipinski definition) is 1. The van der Waals surface area contributed by atoms with E-state index in [0.717, 1.165) is 0 Å². The van der Waals surface area contributed by atoms with Gasteiger partial charge in [-0.3, -0.25) is 0 Å². The molecule has 0 aromatic carbocycles. The highest BCUT2D eigenvalue weighted by atomic mass is 19.1. The third-order valence-corrected chi connectivity index (χ3v) is 0.692. The second kappa shape index (κ2) is 5.09. The molecule has 0 aromatic heterocycles. The van der Waals surface area contributed by atoms with Gasteiger partial charge in [0.05, 0.1) is 0 Å². The standard InChI is InChI=1S/C7H10FN/c1-2-4-7(8)5-3-6-9/h2-6H,9H2,1H3/b4-2-,6-3+,7-5+. The van der Waals surface area contributed by atoms with E-state index in [-0.39, 0.29) is 5.83 Å². The van der Waals surface area contributed by atoms with Gasteiger partial charge in [-0.2, -0.15) is 0 Å². The van der Waals surface area contributed by atoms with Crippen LogP contribution >= 0.6 is 0 Å². The molecule has 1 nitrogen and oxygen atoms in total. The van der Waals surface area contributed by atoms with Crippen molar-refractivity contribution < 1.29 is 4.39 Å². The quantitative estimate of drug-likeness (QED) is 0.563. The lowest BCUT2D eigenvalue weighted by atomic mass is 10.4. The minimum Gasteiger partial charge on any atom is -0.405 e. The van der Waals surface area contributed by atoms with Crippen molar-refractivity contribution in [2.75, 3.05) is 0 Å². The van der Waals surface area contributed by atoms with Gasteiger partial charge in [-0.15, -0.1) is 0 Å². The minimum atomic E-state index is -0.292. The Balaban J connectivity index is 3.84. The van der Waals surface area contributed by atoms with Crippen LogP contribution in [0.4, 0.5) is 4.39 Å². The Bertz CT molecular complexity index is 145. The highest BCUT2D eigenvalue weighted by Crippen LogP contribution is 1.96. The molecule has 2 N–H and O–H groups in total. The molecule has 0 unspecified atom stereocenters. The van der Waals surface area contributed by atoms with Crippen LogP contribution in [0.15, 0.2) is 36.3 Å². The molecule has 0 spiro atoms. The number of hydrogen-bond acceptors (Lipinski definition) is 1. The minimum absolute atomic E-state index is 0.292. The summed E-state index contributed by atoms with van der Waals surface area (Å²) >= 11 is 0. The van der Waals surface area contributed by atoms with E-state index in [4.69, 9.17) is 5.73 Å². The van der Waals surface area contributed by atoms with E-state index < -0.39 is 0 Å². The zero-order valence-corrected chi connectivity index (χ0v) is 5.34. The summed E-state index contributed by atoms with van der Waals surface area (Å²) in [5.74, 6) is -0.292. The van der Waals surface area contributed by atoms with E-state index in [1.54, 1.807) is 13.0 Å². The summed E-state index contributed by atoms with van der Waals surface area (Å²) in [5.41, 5.74) is 4.96. The molecule has 50 valence electrons. The molecular weight excluding hydrogens is 117 g/mol. The highest BCUT2D eigenvalue weighted by Gasteiger charge is 1.78. The van der Waals surface area contributed by atoms with Crippen LogP contribution in [0, 0.1) is 0 Å². The molecule has 0 radical (unpaired) electrons. The second-order valence-corrected chi connectivity index (χ2v) is 1.44. The van der Waals surface area contributed by atoms with Gasteiger partial charge >= 0.3 is 0 Å². The molecule has 0 aliphatic rings. The van der Waals surface area contributed by atoms with Crippen molar-refractivity contribution in [3.63, 3.8) is 0 Å². The number of rotatable bonds is 2. The van der Waals surface area contributed by atoms with Gasteiger partial charge in [0.15, 0.2) is 0 Å². The fraction of sp³-hybridized carbons (Fsp3) is 0.143. The summed E-state index contributed by atoms with van der Waals surface area (Å²) in [6.07, 6.45) is 6.99. The molecule has 0 fully saturated rings. The molecule has 0 bridgehead atoms. The molecule has 0 aliphatic heterocycles. The predicted molar refractivity (Wildman–Crippen MR) is 37.3 cm³/mol. The van der Waals surface area contributed by atoms with E-state index in [0.29, 0.717) is 0 Å². The third kappa shape index (κ3) is 4.81.